The van der Waals surface area contributed by atoms with Crippen molar-refractivity contribution in [2.45, 2.75) is 31.6 Å². The number of sulfone groups is 1. The van der Waals surface area contributed by atoms with E-state index in [4.69, 9.17) is 17.3 Å². The van der Waals surface area contributed by atoms with Crippen molar-refractivity contribution in [3.63, 3.8) is 0 Å². The number of rotatable bonds is 9. The van der Waals surface area contributed by atoms with Gasteiger partial charge in [-0.1, -0.05) is 47.1 Å². The molecule has 0 aliphatic rings. The number of aryl methyl sites for hydroxylation is 1. The molecule has 9 nitrogen and oxygen atoms in total. The lowest BCUT2D eigenvalue weighted by atomic mass is 9.98. The van der Waals surface area contributed by atoms with Crippen molar-refractivity contribution in [1.29, 1.82) is 0 Å². The van der Waals surface area contributed by atoms with Crippen LogP contribution in [0.2, 0.25) is 5.02 Å². The summed E-state index contributed by atoms with van der Waals surface area (Å²) in [5.41, 5.74) is 9.49. The Kier molecular flexibility index (Phi) is 6.98. The highest BCUT2D eigenvalue weighted by molar-refractivity contribution is 7.89. The summed E-state index contributed by atoms with van der Waals surface area (Å²) in [6.45, 7) is 2.54. The summed E-state index contributed by atoms with van der Waals surface area (Å²) in [5, 5.41) is 19.4. The van der Waals surface area contributed by atoms with Gasteiger partial charge in [-0.15, -0.1) is 5.10 Å². The van der Waals surface area contributed by atoms with Gasteiger partial charge in [0.1, 0.15) is 5.69 Å². The van der Waals surface area contributed by atoms with E-state index in [1.54, 1.807) is 22.9 Å². The molecular weight excluding hydrogens is 490 g/mol. The predicted molar refractivity (Wildman–Crippen MR) is 135 cm³/mol. The van der Waals surface area contributed by atoms with Gasteiger partial charge in [-0.25, -0.2) is 17.9 Å². The molecule has 184 valence electrons. The van der Waals surface area contributed by atoms with Gasteiger partial charge in [0.05, 0.1) is 23.0 Å². The molecule has 0 radical (unpaired) electrons. The maximum atomic E-state index is 12.2. The maximum Gasteiger partial charge on any atom is 0.352 e. The van der Waals surface area contributed by atoms with Crippen molar-refractivity contribution in [3.8, 4) is 11.1 Å². The lowest BCUT2D eigenvalue weighted by Crippen LogP contribution is -2.08. The Morgan fingerprint density at radius 3 is 2.71 bits per heavy atom. The number of para-hydroxylation sites is 1. The predicted octanol–water partition coefficient (Wildman–Crippen LogP) is 3.82. The molecule has 0 bridgehead atoms. The van der Waals surface area contributed by atoms with E-state index in [1.807, 2.05) is 31.3 Å². The number of fused-ring (bicyclic) bond motifs is 1. The van der Waals surface area contributed by atoms with E-state index in [1.165, 1.54) is 0 Å². The van der Waals surface area contributed by atoms with Crippen molar-refractivity contribution in [1.82, 2.24) is 20.0 Å². The number of H-pyrrole nitrogens is 1. The van der Waals surface area contributed by atoms with Crippen LogP contribution in [-0.2, 0) is 22.0 Å². The van der Waals surface area contributed by atoms with E-state index >= 15 is 0 Å². The van der Waals surface area contributed by atoms with Gasteiger partial charge in [0.25, 0.3) is 0 Å². The zero-order chi connectivity index (χ0) is 25.3. The van der Waals surface area contributed by atoms with E-state index in [-0.39, 0.29) is 22.5 Å². The van der Waals surface area contributed by atoms with Gasteiger partial charge in [0.15, 0.2) is 9.84 Å². The number of carboxylic acid groups (broad SMARTS) is 1. The van der Waals surface area contributed by atoms with E-state index in [2.05, 4.69) is 15.3 Å². The summed E-state index contributed by atoms with van der Waals surface area (Å²) < 4.78 is 25.1. The molecule has 11 heteroatoms. The third kappa shape index (κ3) is 5.24. The fourth-order valence-corrected chi connectivity index (χ4v) is 5.34. The topological polar surface area (TPSA) is 144 Å². The number of nitrogens with zero attached hydrogens (tertiary/aromatic N) is 3. The Morgan fingerprint density at radius 1 is 1.29 bits per heavy atom. The smallest absolute Gasteiger partial charge is 0.352 e. The van der Waals surface area contributed by atoms with Gasteiger partial charge in [0.2, 0.25) is 0 Å². The third-order valence-electron chi connectivity index (χ3n) is 5.88. The number of halogens is 1. The first kappa shape index (κ1) is 24.9. The normalized spacial score (nSPS) is 12.8. The van der Waals surface area contributed by atoms with Crippen LogP contribution in [0.3, 0.4) is 0 Å². The Hall–Kier alpha value is -3.21. The molecule has 4 aromatic rings. The molecule has 35 heavy (non-hydrogen) atoms. The maximum absolute atomic E-state index is 12.2. The SMILES string of the molecule is CC(c1cccc2c(-c3ccc(CS(C)(=O)=O)c(Cl)c3)c(C(=O)O)[nH]c12)n1cc(CCCN)nn1. The molecule has 1 unspecified atom stereocenters. The fourth-order valence-electron chi connectivity index (χ4n) is 4.19. The fraction of sp³-hybridized carbons (Fsp3) is 0.292. The van der Waals surface area contributed by atoms with Crippen molar-refractivity contribution in [2.75, 3.05) is 12.8 Å². The Labute approximate surface area is 207 Å². The Morgan fingerprint density at radius 2 is 2.06 bits per heavy atom. The third-order valence-corrected chi connectivity index (χ3v) is 7.07. The van der Waals surface area contributed by atoms with Crippen LogP contribution in [0.15, 0.2) is 42.6 Å². The van der Waals surface area contributed by atoms with E-state index in [9.17, 15) is 18.3 Å². The van der Waals surface area contributed by atoms with Crippen molar-refractivity contribution in [3.05, 3.63) is 70.1 Å². The number of aromatic amines is 1. The zero-order valence-electron chi connectivity index (χ0n) is 19.3. The molecule has 4 N–H and O–H groups in total. The largest absolute Gasteiger partial charge is 0.477 e. The van der Waals surface area contributed by atoms with Gasteiger partial charge in [-0.2, -0.15) is 0 Å². The number of hydrogen-bond acceptors (Lipinski definition) is 6. The Bertz CT molecular complexity index is 1510. The molecular formula is C24H26ClN5O4S. The number of aromatic nitrogens is 4. The summed E-state index contributed by atoms with van der Waals surface area (Å²) in [5.74, 6) is -1.31. The first-order valence-electron chi connectivity index (χ1n) is 11.0. The van der Waals surface area contributed by atoms with Crippen molar-refractivity contribution in [2.24, 2.45) is 5.73 Å². The molecule has 1 atom stereocenters. The standard InChI is InChI=1S/C24H26ClN5O4S/c1-14(30-12-17(28-29-30)5-4-10-26)18-6-3-7-19-21(23(24(31)32)27-22(18)19)15-8-9-16(20(25)11-15)13-35(2,33)34/h3,6-9,11-12,14,27H,4-5,10,13,26H2,1-2H3,(H,31,32). The minimum atomic E-state index is -3.27. The summed E-state index contributed by atoms with van der Waals surface area (Å²) in [7, 11) is -3.27. The number of aromatic carboxylic acids is 1. The highest BCUT2D eigenvalue weighted by atomic mass is 35.5. The summed E-state index contributed by atoms with van der Waals surface area (Å²) in [6.07, 6.45) is 4.56. The summed E-state index contributed by atoms with van der Waals surface area (Å²) in [6, 6.07) is 10.3. The molecule has 0 amide bonds. The number of carbonyl (C=O) groups is 1. The molecule has 0 saturated carbocycles. The minimum absolute atomic E-state index is 0.0220. The molecule has 0 aliphatic heterocycles. The average Bonchev–Trinajstić information content (AvgIpc) is 3.42. The van der Waals surface area contributed by atoms with Crippen molar-refractivity contribution < 1.29 is 18.3 Å². The molecule has 0 spiro atoms. The van der Waals surface area contributed by atoms with Crippen LogP contribution in [0.5, 0.6) is 0 Å². The van der Waals surface area contributed by atoms with Gasteiger partial charge in [-0.05, 0) is 43.5 Å². The van der Waals surface area contributed by atoms with Crippen LogP contribution in [0, 0.1) is 0 Å². The van der Waals surface area contributed by atoms with E-state index in [0.717, 1.165) is 30.4 Å². The molecule has 2 heterocycles. The molecule has 0 saturated heterocycles. The highest BCUT2D eigenvalue weighted by Gasteiger charge is 2.23. The highest BCUT2D eigenvalue weighted by Crippen LogP contribution is 2.38. The lowest BCUT2D eigenvalue weighted by Gasteiger charge is -2.13. The van der Waals surface area contributed by atoms with Crippen molar-refractivity contribution >= 4 is 38.3 Å². The van der Waals surface area contributed by atoms with Crippen LogP contribution in [0.25, 0.3) is 22.0 Å². The van der Waals surface area contributed by atoms with Gasteiger partial charge < -0.3 is 15.8 Å². The number of nitrogens with two attached hydrogens (primary N) is 1. The van der Waals surface area contributed by atoms with Crippen LogP contribution >= 0.6 is 11.6 Å². The van der Waals surface area contributed by atoms with Crippen LogP contribution in [-0.4, -0.2) is 52.3 Å². The summed E-state index contributed by atoms with van der Waals surface area (Å²) in [4.78, 5) is 15.3. The number of hydrogen-bond donors (Lipinski definition) is 3. The quantitative estimate of drug-likeness (QED) is 0.307. The molecule has 2 aromatic carbocycles. The molecule has 2 aromatic heterocycles. The van der Waals surface area contributed by atoms with Gasteiger partial charge in [0, 0.05) is 34.0 Å². The lowest BCUT2D eigenvalue weighted by molar-refractivity contribution is 0.0692. The van der Waals surface area contributed by atoms with E-state index < -0.39 is 15.8 Å². The summed E-state index contributed by atoms with van der Waals surface area (Å²) >= 11 is 6.39. The molecule has 0 fully saturated rings. The second kappa shape index (κ2) is 9.80. The van der Waals surface area contributed by atoms with Gasteiger partial charge in [-0.3, -0.25) is 0 Å². The average molecular weight is 516 g/mol. The van der Waals surface area contributed by atoms with Crippen LogP contribution < -0.4 is 5.73 Å². The van der Waals surface area contributed by atoms with Gasteiger partial charge >= 0.3 is 5.97 Å². The Balaban J connectivity index is 1.81. The second-order valence-electron chi connectivity index (χ2n) is 8.58. The van der Waals surface area contributed by atoms with E-state index in [0.29, 0.717) is 34.1 Å². The van der Waals surface area contributed by atoms with Crippen LogP contribution in [0.1, 0.15) is 46.7 Å². The van der Waals surface area contributed by atoms with Crippen LogP contribution in [0.4, 0.5) is 0 Å². The number of nitrogens with one attached hydrogen (secondary N) is 1. The first-order chi connectivity index (χ1) is 16.6. The first-order valence-corrected chi connectivity index (χ1v) is 13.5. The number of benzene rings is 2. The molecule has 4 rings (SSSR count). The zero-order valence-corrected chi connectivity index (χ0v) is 20.9. The molecule has 0 aliphatic carbocycles. The monoisotopic (exact) mass is 515 g/mol. The minimum Gasteiger partial charge on any atom is -0.477 e. The number of carboxylic acids is 1. The second-order valence-corrected chi connectivity index (χ2v) is 11.1.